The van der Waals surface area contributed by atoms with Crippen molar-refractivity contribution in [1.82, 2.24) is 20.4 Å². The first-order valence-electron chi connectivity index (χ1n) is 9.24. The van der Waals surface area contributed by atoms with Gasteiger partial charge in [-0.25, -0.2) is 0 Å². The number of hydrogen-bond acceptors (Lipinski definition) is 4. The maximum Gasteiger partial charge on any atom is 0.242 e. The monoisotopic (exact) mass is 380 g/mol. The molecule has 0 spiro atoms. The van der Waals surface area contributed by atoms with E-state index in [2.05, 4.69) is 26.5 Å². The van der Waals surface area contributed by atoms with Gasteiger partial charge in [0.1, 0.15) is 6.04 Å². The summed E-state index contributed by atoms with van der Waals surface area (Å²) in [5, 5.41) is 6.32. The molecular weight excluding hydrogens is 352 g/mol. The van der Waals surface area contributed by atoms with Gasteiger partial charge in [0.25, 0.3) is 0 Å². The summed E-state index contributed by atoms with van der Waals surface area (Å²) in [6, 6.07) is 7.42. The second-order valence-corrected chi connectivity index (χ2v) is 7.20. The predicted octanol–water partition coefficient (Wildman–Crippen LogP) is 1.49. The van der Waals surface area contributed by atoms with Crippen LogP contribution in [0.4, 0.5) is 0 Å². The summed E-state index contributed by atoms with van der Waals surface area (Å²) in [6.07, 6.45) is 0.881. The topological polar surface area (TPSA) is 64.7 Å². The number of amides is 2. The standard InChI is InChI=1S/C19H29ClN4O2/c1-3-7-21-19(26)15(2)22-18(25)14-24-10-8-23(9-11-24)13-16-5-4-6-17(20)12-16/h4-6,12,15H,3,7-11,13-14H2,1-2H3,(H,21,26)(H,22,25)/t15-/m1/s1. The quantitative estimate of drug-likeness (QED) is 0.717. The van der Waals surface area contributed by atoms with Gasteiger partial charge in [0.05, 0.1) is 6.54 Å². The van der Waals surface area contributed by atoms with E-state index in [1.807, 2.05) is 25.1 Å². The molecule has 2 rings (SSSR count). The van der Waals surface area contributed by atoms with Gasteiger partial charge in [0.2, 0.25) is 11.8 Å². The van der Waals surface area contributed by atoms with Gasteiger partial charge >= 0.3 is 0 Å². The summed E-state index contributed by atoms with van der Waals surface area (Å²) in [5.74, 6) is -0.237. The van der Waals surface area contributed by atoms with Crippen LogP contribution in [0.2, 0.25) is 5.02 Å². The van der Waals surface area contributed by atoms with E-state index < -0.39 is 6.04 Å². The number of rotatable bonds is 8. The molecule has 1 aromatic carbocycles. The molecule has 0 aromatic heterocycles. The van der Waals surface area contributed by atoms with Crippen molar-refractivity contribution in [2.75, 3.05) is 39.3 Å². The summed E-state index contributed by atoms with van der Waals surface area (Å²) >= 11 is 6.04. The third-order valence-corrected chi connectivity index (χ3v) is 4.68. The van der Waals surface area contributed by atoms with Crippen molar-refractivity contribution in [2.45, 2.75) is 32.9 Å². The van der Waals surface area contributed by atoms with E-state index in [-0.39, 0.29) is 11.8 Å². The molecule has 1 aliphatic rings. The van der Waals surface area contributed by atoms with Crippen LogP contribution >= 0.6 is 11.6 Å². The Kier molecular flexibility index (Phi) is 8.35. The molecule has 1 atom stereocenters. The number of benzene rings is 1. The van der Waals surface area contributed by atoms with E-state index in [4.69, 9.17) is 11.6 Å². The average Bonchev–Trinajstić information content (AvgIpc) is 2.61. The fourth-order valence-electron chi connectivity index (χ4n) is 2.96. The van der Waals surface area contributed by atoms with Gasteiger partial charge < -0.3 is 10.6 Å². The number of hydrogen-bond donors (Lipinski definition) is 2. The number of nitrogens with one attached hydrogen (secondary N) is 2. The van der Waals surface area contributed by atoms with Crippen LogP contribution in [0, 0.1) is 0 Å². The molecule has 0 saturated carbocycles. The molecule has 1 fully saturated rings. The van der Waals surface area contributed by atoms with Gasteiger partial charge in [0, 0.05) is 44.3 Å². The fraction of sp³-hybridized carbons (Fsp3) is 0.579. The van der Waals surface area contributed by atoms with Crippen molar-refractivity contribution in [3.8, 4) is 0 Å². The molecule has 1 aliphatic heterocycles. The van der Waals surface area contributed by atoms with E-state index in [0.29, 0.717) is 13.1 Å². The Hall–Kier alpha value is -1.63. The number of nitrogens with zero attached hydrogens (tertiary/aromatic N) is 2. The molecule has 0 radical (unpaired) electrons. The zero-order valence-corrected chi connectivity index (χ0v) is 16.4. The lowest BCUT2D eigenvalue weighted by molar-refractivity contribution is -0.129. The zero-order chi connectivity index (χ0) is 18.9. The molecule has 0 unspecified atom stereocenters. The number of carbonyl (C=O) groups is 2. The lowest BCUT2D eigenvalue weighted by atomic mass is 10.2. The first-order valence-corrected chi connectivity index (χ1v) is 9.62. The first kappa shape index (κ1) is 20.7. The van der Waals surface area contributed by atoms with Crippen molar-refractivity contribution in [3.63, 3.8) is 0 Å². The normalized spacial score (nSPS) is 16.9. The highest BCUT2D eigenvalue weighted by Crippen LogP contribution is 2.13. The molecule has 1 saturated heterocycles. The van der Waals surface area contributed by atoms with E-state index in [1.165, 1.54) is 5.56 Å². The van der Waals surface area contributed by atoms with Gasteiger partial charge in [-0.05, 0) is 31.0 Å². The molecule has 2 N–H and O–H groups in total. The second-order valence-electron chi connectivity index (χ2n) is 6.76. The number of halogens is 1. The van der Waals surface area contributed by atoms with E-state index in [1.54, 1.807) is 6.92 Å². The lowest BCUT2D eigenvalue weighted by Gasteiger charge is -2.34. The SMILES string of the molecule is CCCNC(=O)[C@@H](C)NC(=O)CN1CCN(Cc2cccc(Cl)c2)CC1. The molecule has 1 aromatic rings. The van der Waals surface area contributed by atoms with Crippen molar-refractivity contribution in [3.05, 3.63) is 34.9 Å². The van der Waals surface area contributed by atoms with Crippen LogP contribution in [-0.4, -0.2) is 66.9 Å². The largest absolute Gasteiger partial charge is 0.354 e. The molecule has 26 heavy (non-hydrogen) atoms. The summed E-state index contributed by atoms with van der Waals surface area (Å²) < 4.78 is 0. The summed E-state index contributed by atoms with van der Waals surface area (Å²) in [6.45, 7) is 9.04. The van der Waals surface area contributed by atoms with E-state index in [0.717, 1.165) is 44.2 Å². The third-order valence-electron chi connectivity index (χ3n) is 4.45. The molecular formula is C19H29ClN4O2. The van der Waals surface area contributed by atoms with Gasteiger partial charge in [0.15, 0.2) is 0 Å². The second kappa shape index (κ2) is 10.5. The lowest BCUT2D eigenvalue weighted by Crippen LogP contribution is -2.52. The molecule has 144 valence electrons. The Morgan fingerprint density at radius 2 is 1.88 bits per heavy atom. The average molecular weight is 381 g/mol. The Labute approximate surface area is 160 Å². The van der Waals surface area contributed by atoms with E-state index >= 15 is 0 Å². The minimum absolute atomic E-state index is 0.104. The van der Waals surface area contributed by atoms with Crippen molar-refractivity contribution < 1.29 is 9.59 Å². The zero-order valence-electron chi connectivity index (χ0n) is 15.6. The Bertz CT molecular complexity index is 603. The van der Waals surface area contributed by atoms with Crippen molar-refractivity contribution >= 4 is 23.4 Å². The van der Waals surface area contributed by atoms with Crippen LogP contribution in [0.1, 0.15) is 25.8 Å². The van der Waals surface area contributed by atoms with Gasteiger partial charge in [-0.2, -0.15) is 0 Å². The van der Waals surface area contributed by atoms with Crippen molar-refractivity contribution in [1.29, 1.82) is 0 Å². The molecule has 0 aliphatic carbocycles. The molecule has 1 heterocycles. The van der Waals surface area contributed by atoms with Gasteiger partial charge in [-0.1, -0.05) is 30.7 Å². The Morgan fingerprint density at radius 3 is 2.54 bits per heavy atom. The predicted molar refractivity (Wildman–Crippen MR) is 104 cm³/mol. The summed E-state index contributed by atoms with van der Waals surface area (Å²) in [4.78, 5) is 28.5. The van der Waals surface area contributed by atoms with E-state index in [9.17, 15) is 9.59 Å². The smallest absolute Gasteiger partial charge is 0.242 e. The van der Waals surface area contributed by atoms with Crippen LogP contribution in [0.15, 0.2) is 24.3 Å². The first-order chi connectivity index (χ1) is 12.5. The van der Waals surface area contributed by atoms with Crippen molar-refractivity contribution in [2.24, 2.45) is 0 Å². The van der Waals surface area contributed by atoms with Crippen LogP contribution in [0.3, 0.4) is 0 Å². The van der Waals surface area contributed by atoms with Crippen LogP contribution in [-0.2, 0) is 16.1 Å². The summed E-state index contributed by atoms with van der Waals surface area (Å²) in [7, 11) is 0. The number of carbonyl (C=O) groups excluding carboxylic acids is 2. The molecule has 2 amide bonds. The van der Waals surface area contributed by atoms with Crippen LogP contribution in [0.25, 0.3) is 0 Å². The maximum absolute atomic E-state index is 12.1. The molecule has 7 heteroatoms. The van der Waals surface area contributed by atoms with Crippen LogP contribution < -0.4 is 10.6 Å². The summed E-state index contributed by atoms with van der Waals surface area (Å²) in [5.41, 5.74) is 1.20. The van der Waals surface area contributed by atoms with Gasteiger partial charge in [-0.3, -0.25) is 19.4 Å². The molecule has 6 nitrogen and oxygen atoms in total. The van der Waals surface area contributed by atoms with Gasteiger partial charge in [-0.15, -0.1) is 0 Å². The third kappa shape index (κ3) is 6.94. The highest BCUT2D eigenvalue weighted by molar-refractivity contribution is 6.30. The highest BCUT2D eigenvalue weighted by atomic mass is 35.5. The fourth-order valence-corrected chi connectivity index (χ4v) is 3.17. The maximum atomic E-state index is 12.1. The minimum atomic E-state index is -0.502. The minimum Gasteiger partial charge on any atom is -0.354 e. The Morgan fingerprint density at radius 1 is 1.19 bits per heavy atom. The highest BCUT2D eigenvalue weighted by Gasteiger charge is 2.21. The number of piperazine rings is 1. The Balaban J connectivity index is 1.69. The van der Waals surface area contributed by atoms with Crippen LogP contribution in [0.5, 0.6) is 0 Å². The molecule has 0 bridgehead atoms.